The highest BCUT2D eigenvalue weighted by Crippen LogP contribution is 2.14. The number of furan rings is 1. The van der Waals surface area contributed by atoms with E-state index in [2.05, 4.69) is 15.3 Å². The van der Waals surface area contributed by atoms with Crippen LogP contribution >= 0.6 is 0 Å². The van der Waals surface area contributed by atoms with E-state index in [4.69, 9.17) is 9.95 Å². The van der Waals surface area contributed by atoms with Crippen molar-refractivity contribution in [2.45, 2.75) is 19.5 Å². The van der Waals surface area contributed by atoms with Crippen LogP contribution < -0.4 is 5.32 Å². The Morgan fingerprint density at radius 2 is 2.10 bits per heavy atom. The second-order valence-corrected chi connectivity index (χ2v) is 4.26. The Labute approximate surface area is 116 Å². The van der Waals surface area contributed by atoms with E-state index in [9.17, 15) is 4.79 Å². The lowest BCUT2D eigenvalue weighted by molar-refractivity contribution is 0.0910. The van der Waals surface area contributed by atoms with E-state index >= 15 is 0 Å². The van der Waals surface area contributed by atoms with Crippen molar-refractivity contribution in [3.05, 3.63) is 70.0 Å². The molecule has 0 saturated carbocycles. The van der Waals surface area contributed by atoms with Crippen LogP contribution in [0.15, 0.2) is 52.0 Å². The molecule has 1 N–H and O–H groups in total. The van der Waals surface area contributed by atoms with E-state index in [-0.39, 0.29) is 24.3 Å². The molecule has 2 aromatic rings. The highest BCUT2D eigenvalue weighted by molar-refractivity contribution is 5.91. The molecular formula is C14H14N4O2. The number of rotatable bonds is 5. The van der Waals surface area contributed by atoms with Crippen LogP contribution in [0, 0.1) is 0 Å². The Balaban J connectivity index is 2.01. The number of hydrogen-bond acceptors (Lipinski definition) is 3. The molecule has 1 amide bonds. The summed E-state index contributed by atoms with van der Waals surface area (Å²) in [5.41, 5.74) is 9.24. The van der Waals surface area contributed by atoms with Gasteiger partial charge in [0.15, 0.2) is 5.76 Å². The minimum Gasteiger partial charge on any atom is -0.456 e. The van der Waals surface area contributed by atoms with E-state index in [1.807, 2.05) is 37.3 Å². The average Bonchev–Trinajstić information content (AvgIpc) is 2.95. The van der Waals surface area contributed by atoms with Crippen LogP contribution in [0.1, 0.15) is 34.8 Å². The number of benzene rings is 1. The number of nitrogens with one attached hydrogen (secondary N) is 1. The van der Waals surface area contributed by atoms with Gasteiger partial charge in [0, 0.05) is 4.91 Å². The molecule has 0 radical (unpaired) electrons. The zero-order valence-corrected chi connectivity index (χ0v) is 11.0. The minimum atomic E-state index is -0.298. The van der Waals surface area contributed by atoms with E-state index in [1.165, 1.54) is 0 Å². The van der Waals surface area contributed by atoms with Gasteiger partial charge in [0.1, 0.15) is 5.76 Å². The van der Waals surface area contributed by atoms with Gasteiger partial charge in [0.25, 0.3) is 5.91 Å². The van der Waals surface area contributed by atoms with Crippen LogP contribution in [0.2, 0.25) is 0 Å². The topological polar surface area (TPSA) is 91.0 Å². The fourth-order valence-corrected chi connectivity index (χ4v) is 1.78. The van der Waals surface area contributed by atoms with Crippen molar-refractivity contribution in [1.82, 2.24) is 5.32 Å². The molecule has 6 heteroatoms. The maximum Gasteiger partial charge on any atom is 0.287 e. The van der Waals surface area contributed by atoms with Gasteiger partial charge in [-0.05, 0) is 30.2 Å². The molecule has 6 nitrogen and oxygen atoms in total. The standard InChI is InChI=1S/C14H14N4O2/c1-10(11-5-3-2-4-6-11)17-14(19)13-8-7-12(20-13)9-16-18-15/h2-8,10H,9H2,1H3,(H,17,19)/t10-/m1/s1. The van der Waals surface area contributed by atoms with Gasteiger partial charge in [-0.15, -0.1) is 0 Å². The fraction of sp³-hybridized carbons (Fsp3) is 0.214. The fourth-order valence-electron chi connectivity index (χ4n) is 1.78. The lowest BCUT2D eigenvalue weighted by Crippen LogP contribution is -2.26. The first kappa shape index (κ1) is 13.7. The minimum absolute atomic E-state index is 0.0953. The molecule has 1 heterocycles. The SMILES string of the molecule is C[C@@H](NC(=O)c1ccc(CN=[N+]=[N-])o1)c1ccccc1. The first-order valence-corrected chi connectivity index (χ1v) is 6.16. The summed E-state index contributed by atoms with van der Waals surface area (Å²) in [6, 6.07) is 12.7. The first-order valence-electron chi connectivity index (χ1n) is 6.16. The van der Waals surface area contributed by atoms with E-state index < -0.39 is 0 Å². The normalized spacial score (nSPS) is 11.4. The van der Waals surface area contributed by atoms with Gasteiger partial charge in [-0.25, -0.2) is 0 Å². The summed E-state index contributed by atoms with van der Waals surface area (Å²) in [6.45, 7) is 2.00. The highest BCUT2D eigenvalue weighted by atomic mass is 16.4. The van der Waals surface area contributed by atoms with Gasteiger partial charge in [-0.1, -0.05) is 35.4 Å². The Morgan fingerprint density at radius 3 is 2.80 bits per heavy atom. The van der Waals surface area contributed by atoms with Crippen molar-refractivity contribution >= 4 is 5.91 Å². The zero-order valence-electron chi connectivity index (χ0n) is 11.0. The third kappa shape index (κ3) is 3.40. The second-order valence-electron chi connectivity index (χ2n) is 4.26. The molecule has 0 aliphatic heterocycles. The Morgan fingerprint density at radius 1 is 1.35 bits per heavy atom. The molecule has 102 valence electrons. The summed E-state index contributed by atoms with van der Waals surface area (Å²) < 4.78 is 5.31. The van der Waals surface area contributed by atoms with Crippen molar-refractivity contribution in [3.8, 4) is 0 Å². The molecule has 1 atom stereocenters. The summed E-state index contributed by atoms with van der Waals surface area (Å²) in [5.74, 6) is 0.366. The molecule has 0 aliphatic rings. The van der Waals surface area contributed by atoms with Crippen LogP contribution in [0.3, 0.4) is 0 Å². The van der Waals surface area contributed by atoms with E-state index in [0.717, 1.165) is 5.56 Å². The molecule has 2 rings (SSSR count). The molecule has 0 aliphatic carbocycles. The number of nitrogens with zero attached hydrogens (tertiary/aromatic N) is 3. The second kappa shape index (κ2) is 6.45. The van der Waals surface area contributed by atoms with Gasteiger partial charge in [0.05, 0.1) is 12.6 Å². The van der Waals surface area contributed by atoms with Crippen molar-refractivity contribution in [2.75, 3.05) is 0 Å². The van der Waals surface area contributed by atoms with Crippen LogP contribution in [0.25, 0.3) is 10.4 Å². The molecule has 0 unspecified atom stereocenters. The van der Waals surface area contributed by atoms with Crippen LogP contribution in [0.4, 0.5) is 0 Å². The zero-order chi connectivity index (χ0) is 14.4. The van der Waals surface area contributed by atoms with Crippen molar-refractivity contribution < 1.29 is 9.21 Å². The van der Waals surface area contributed by atoms with Gasteiger partial charge >= 0.3 is 0 Å². The molecule has 0 spiro atoms. The maximum atomic E-state index is 12.0. The lowest BCUT2D eigenvalue weighted by Gasteiger charge is -2.12. The summed E-state index contributed by atoms with van der Waals surface area (Å²) >= 11 is 0. The summed E-state index contributed by atoms with van der Waals surface area (Å²) in [7, 11) is 0. The molecule has 0 fully saturated rings. The predicted molar refractivity (Wildman–Crippen MR) is 73.9 cm³/mol. The predicted octanol–water partition coefficient (Wildman–Crippen LogP) is 3.58. The van der Waals surface area contributed by atoms with Gasteiger partial charge < -0.3 is 9.73 Å². The van der Waals surface area contributed by atoms with Gasteiger partial charge in [-0.2, -0.15) is 0 Å². The molecular weight excluding hydrogens is 256 g/mol. The van der Waals surface area contributed by atoms with Crippen LogP contribution in [-0.2, 0) is 6.54 Å². The smallest absolute Gasteiger partial charge is 0.287 e. The van der Waals surface area contributed by atoms with Crippen molar-refractivity contribution in [1.29, 1.82) is 0 Å². The number of carbonyl (C=O) groups is 1. The van der Waals surface area contributed by atoms with Crippen molar-refractivity contribution in [2.24, 2.45) is 5.11 Å². The average molecular weight is 270 g/mol. The third-order valence-electron chi connectivity index (χ3n) is 2.82. The Hall–Kier alpha value is -2.72. The van der Waals surface area contributed by atoms with Crippen LogP contribution in [0.5, 0.6) is 0 Å². The molecule has 1 aromatic heterocycles. The summed E-state index contributed by atoms with van der Waals surface area (Å²) in [5, 5.41) is 6.22. The van der Waals surface area contributed by atoms with Crippen molar-refractivity contribution in [3.63, 3.8) is 0 Å². The maximum absolute atomic E-state index is 12.0. The van der Waals surface area contributed by atoms with Crippen LogP contribution in [-0.4, -0.2) is 5.91 Å². The number of carbonyl (C=O) groups excluding carboxylic acids is 1. The summed E-state index contributed by atoms with van der Waals surface area (Å²) in [4.78, 5) is 14.6. The Kier molecular flexibility index (Phi) is 4.42. The highest BCUT2D eigenvalue weighted by Gasteiger charge is 2.14. The number of hydrogen-bond donors (Lipinski definition) is 1. The number of azide groups is 1. The molecule has 20 heavy (non-hydrogen) atoms. The lowest BCUT2D eigenvalue weighted by atomic mass is 10.1. The Bertz CT molecular complexity index is 630. The van der Waals surface area contributed by atoms with Gasteiger partial charge in [-0.3, -0.25) is 4.79 Å². The largest absolute Gasteiger partial charge is 0.456 e. The first-order chi connectivity index (χ1) is 9.70. The molecule has 0 bridgehead atoms. The summed E-state index contributed by atoms with van der Waals surface area (Å²) in [6.07, 6.45) is 0. The van der Waals surface area contributed by atoms with Gasteiger partial charge in [0.2, 0.25) is 0 Å². The van der Waals surface area contributed by atoms with E-state index in [0.29, 0.717) is 5.76 Å². The number of amides is 1. The molecule has 1 aromatic carbocycles. The molecule has 0 saturated heterocycles. The quantitative estimate of drug-likeness (QED) is 0.511. The third-order valence-corrected chi connectivity index (χ3v) is 2.82. The monoisotopic (exact) mass is 270 g/mol. The van der Waals surface area contributed by atoms with E-state index in [1.54, 1.807) is 12.1 Å².